The van der Waals surface area contributed by atoms with Crippen LogP contribution in [0.1, 0.15) is 11.1 Å². The topological polar surface area (TPSA) is 15.3 Å². The van der Waals surface area contributed by atoms with Crippen molar-refractivity contribution in [2.24, 2.45) is 0 Å². The van der Waals surface area contributed by atoms with Crippen molar-refractivity contribution in [3.05, 3.63) is 139 Å². The Labute approximate surface area is 202 Å². The Kier molecular flexibility index (Phi) is 6.13. The lowest BCUT2D eigenvalue weighted by Gasteiger charge is -2.26. The van der Waals surface area contributed by atoms with Gasteiger partial charge in [0.15, 0.2) is 0 Å². The molecule has 0 heterocycles. The molecule has 1 N–H and O–H groups in total. The second-order valence-electron chi connectivity index (χ2n) is 8.63. The predicted octanol–water partition coefficient (Wildman–Crippen LogP) is 9.18. The number of nitrogens with zero attached hydrogens (tertiary/aromatic N) is 1. The van der Waals surface area contributed by atoms with Gasteiger partial charge in [-0.05, 0) is 91.2 Å². The summed E-state index contributed by atoms with van der Waals surface area (Å²) >= 11 is 0. The van der Waals surface area contributed by atoms with E-state index in [2.05, 4.69) is 151 Å². The van der Waals surface area contributed by atoms with Crippen LogP contribution in [0.3, 0.4) is 0 Å². The highest BCUT2D eigenvalue weighted by molar-refractivity contribution is 5.78. The molecule has 0 saturated carbocycles. The van der Waals surface area contributed by atoms with Gasteiger partial charge in [-0.1, -0.05) is 72.3 Å². The number of benzene rings is 5. The molecule has 0 bridgehead atoms. The molecule has 2 nitrogen and oxygen atoms in total. The van der Waals surface area contributed by atoms with Crippen LogP contribution in [0, 0.1) is 13.8 Å². The summed E-state index contributed by atoms with van der Waals surface area (Å²) in [7, 11) is 0. The summed E-state index contributed by atoms with van der Waals surface area (Å²) in [5, 5.41) is 3.47. The molecule has 34 heavy (non-hydrogen) atoms. The fourth-order valence-corrected chi connectivity index (χ4v) is 4.14. The minimum absolute atomic E-state index is 1.08. The SMILES string of the molecule is Cc1ccc(Nc2ccc(-c3ccc(N(c4ccccc4)c4cccc(C)c4)cc3)cc2)cc1. The summed E-state index contributed by atoms with van der Waals surface area (Å²) in [5.41, 5.74) is 10.5. The van der Waals surface area contributed by atoms with Gasteiger partial charge in [-0.15, -0.1) is 0 Å². The van der Waals surface area contributed by atoms with Crippen molar-refractivity contribution in [2.45, 2.75) is 13.8 Å². The Morgan fingerprint density at radius 2 is 0.971 bits per heavy atom. The second kappa shape index (κ2) is 9.68. The Morgan fingerprint density at radius 3 is 1.59 bits per heavy atom. The highest BCUT2D eigenvalue weighted by Gasteiger charge is 2.12. The van der Waals surface area contributed by atoms with Crippen LogP contribution in [0.25, 0.3) is 11.1 Å². The number of nitrogens with one attached hydrogen (secondary N) is 1. The van der Waals surface area contributed by atoms with Gasteiger partial charge in [0.2, 0.25) is 0 Å². The summed E-state index contributed by atoms with van der Waals surface area (Å²) < 4.78 is 0. The van der Waals surface area contributed by atoms with Crippen molar-refractivity contribution in [1.29, 1.82) is 0 Å². The third kappa shape index (κ3) is 4.87. The Hall–Kier alpha value is -4.30. The molecule has 0 fully saturated rings. The molecule has 0 radical (unpaired) electrons. The first-order valence-corrected chi connectivity index (χ1v) is 11.6. The van der Waals surface area contributed by atoms with Crippen LogP contribution >= 0.6 is 0 Å². The molecule has 0 atom stereocenters. The quantitative estimate of drug-likeness (QED) is 0.283. The molecule has 5 aromatic carbocycles. The molecule has 0 saturated heterocycles. The van der Waals surface area contributed by atoms with E-state index in [4.69, 9.17) is 0 Å². The van der Waals surface area contributed by atoms with E-state index in [1.54, 1.807) is 0 Å². The maximum atomic E-state index is 3.47. The summed E-state index contributed by atoms with van der Waals surface area (Å²) in [5.74, 6) is 0. The zero-order chi connectivity index (χ0) is 23.3. The average molecular weight is 441 g/mol. The number of anilines is 5. The number of hydrogen-bond acceptors (Lipinski definition) is 2. The average Bonchev–Trinajstić information content (AvgIpc) is 2.87. The van der Waals surface area contributed by atoms with Crippen molar-refractivity contribution in [3.8, 4) is 11.1 Å². The normalized spacial score (nSPS) is 10.6. The first-order chi connectivity index (χ1) is 16.7. The minimum atomic E-state index is 1.08. The van der Waals surface area contributed by atoms with Gasteiger partial charge in [-0.3, -0.25) is 0 Å². The van der Waals surface area contributed by atoms with Crippen molar-refractivity contribution < 1.29 is 0 Å². The molecule has 5 rings (SSSR count). The lowest BCUT2D eigenvalue weighted by molar-refractivity contribution is 1.27. The van der Waals surface area contributed by atoms with Crippen LogP contribution in [-0.2, 0) is 0 Å². The number of hydrogen-bond donors (Lipinski definition) is 1. The van der Waals surface area contributed by atoms with Crippen LogP contribution in [0.5, 0.6) is 0 Å². The molecule has 0 unspecified atom stereocenters. The van der Waals surface area contributed by atoms with Gasteiger partial charge in [-0.2, -0.15) is 0 Å². The fraction of sp³-hybridized carbons (Fsp3) is 0.0625. The zero-order valence-electron chi connectivity index (χ0n) is 19.6. The van der Waals surface area contributed by atoms with E-state index in [9.17, 15) is 0 Å². The first-order valence-electron chi connectivity index (χ1n) is 11.6. The largest absolute Gasteiger partial charge is 0.356 e. The third-order valence-corrected chi connectivity index (χ3v) is 5.96. The number of aryl methyl sites for hydroxylation is 2. The molecule has 166 valence electrons. The Balaban J connectivity index is 1.40. The monoisotopic (exact) mass is 440 g/mol. The van der Waals surface area contributed by atoms with E-state index in [1.165, 1.54) is 22.3 Å². The Bertz CT molecular complexity index is 1350. The van der Waals surface area contributed by atoms with Gasteiger partial charge in [-0.25, -0.2) is 0 Å². The van der Waals surface area contributed by atoms with Gasteiger partial charge < -0.3 is 10.2 Å². The second-order valence-corrected chi connectivity index (χ2v) is 8.63. The number of rotatable bonds is 6. The van der Waals surface area contributed by atoms with Gasteiger partial charge >= 0.3 is 0 Å². The van der Waals surface area contributed by atoms with E-state index < -0.39 is 0 Å². The third-order valence-electron chi connectivity index (χ3n) is 5.96. The van der Waals surface area contributed by atoms with Gasteiger partial charge in [0.05, 0.1) is 0 Å². The van der Waals surface area contributed by atoms with Gasteiger partial charge in [0, 0.05) is 28.4 Å². The maximum Gasteiger partial charge on any atom is 0.0464 e. The molecule has 2 heteroatoms. The smallest absolute Gasteiger partial charge is 0.0464 e. The molecular formula is C32H28N2. The van der Waals surface area contributed by atoms with Crippen LogP contribution in [0.4, 0.5) is 28.4 Å². The summed E-state index contributed by atoms with van der Waals surface area (Å²) in [6.45, 7) is 4.23. The van der Waals surface area contributed by atoms with Crippen molar-refractivity contribution in [2.75, 3.05) is 10.2 Å². The maximum absolute atomic E-state index is 3.47. The molecule has 0 aromatic heterocycles. The molecule has 0 aliphatic heterocycles. The minimum Gasteiger partial charge on any atom is -0.356 e. The molecule has 0 spiro atoms. The standard InChI is InChI=1S/C32H28N2/c1-24-11-17-28(18-12-24)33-29-19-13-26(14-20-29)27-15-21-31(22-16-27)34(30-8-4-3-5-9-30)32-10-6-7-25(2)23-32/h3-23,33H,1-2H3. The zero-order valence-corrected chi connectivity index (χ0v) is 19.6. The van der Waals surface area contributed by atoms with Crippen molar-refractivity contribution >= 4 is 28.4 Å². The van der Waals surface area contributed by atoms with E-state index in [-0.39, 0.29) is 0 Å². The van der Waals surface area contributed by atoms with Crippen molar-refractivity contribution in [3.63, 3.8) is 0 Å². The van der Waals surface area contributed by atoms with Crippen LogP contribution < -0.4 is 10.2 Å². The summed E-state index contributed by atoms with van der Waals surface area (Å²) in [4.78, 5) is 2.30. The molecule has 0 aliphatic carbocycles. The van der Waals surface area contributed by atoms with Gasteiger partial charge in [0.25, 0.3) is 0 Å². The van der Waals surface area contributed by atoms with Crippen molar-refractivity contribution in [1.82, 2.24) is 0 Å². The fourth-order valence-electron chi connectivity index (χ4n) is 4.14. The van der Waals surface area contributed by atoms with Crippen LogP contribution in [0.15, 0.2) is 127 Å². The highest BCUT2D eigenvalue weighted by atomic mass is 15.1. The highest BCUT2D eigenvalue weighted by Crippen LogP contribution is 2.35. The number of para-hydroxylation sites is 1. The van der Waals surface area contributed by atoms with E-state index in [0.717, 1.165) is 28.4 Å². The summed E-state index contributed by atoms with van der Waals surface area (Å²) in [6.07, 6.45) is 0. The lowest BCUT2D eigenvalue weighted by Crippen LogP contribution is -2.09. The molecular weight excluding hydrogens is 412 g/mol. The van der Waals surface area contributed by atoms with Crippen LogP contribution in [-0.4, -0.2) is 0 Å². The predicted molar refractivity (Wildman–Crippen MR) is 146 cm³/mol. The van der Waals surface area contributed by atoms with Gasteiger partial charge in [0.1, 0.15) is 0 Å². The van der Waals surface area contributed by atoms with Crippen LogP contribution in [0.2, 0.25) is 0 Å². The first kappa shape index (κ1) is 21.5. The molecule has 5 aromatic rings. The lowest BCUT2D eigenvalue weighted by atomic mass is 10.0. The summed E-state index contributed by atoms with van der Waals surface area (Å²) in [6, 6.07) is 45.0. The Morgan fingerprint density at radius 1 is 0.441 bits per heavy atom. The molecule has 0 amide bonds. The van der Waals surface area contributed by atoms with E-state index in [1.807, 2.05) is 0 Å². The molecule has 0 aliphatic rings. The van der Waals surface area contributed by atoms with E-state index in [0.29, 0.717) is 0 Å². The van der Waals surface area contributed by atoms with E-state index >= 15 is 0 Å².